The lowest BCUT2D eigenvalue weighted by Crippen LogP contribution is -2.45. The molecule has 0 radical (unpaired) electrons. The highest BCUT2D eigenvalue weighted by Crippen LogP contribution is 2.38. The first-order valence-corrected chi connectivity index (χ1v) is 20.7. The second-order valence-corrected chi connectivity index (χ2v) is 15.7. The third kappa shape index (κ3) is 33.3. The number of carbonyl (C=O) groups excluding carboxylic acids is 1. The molecule has 278 valence electrons. The molecule has 0 heterocycles. The van der Waals surface area contributed by atoms with Crippen LogP contribution in [0.2, 0.25) is 0 Å². The summed E-state index contributed by atoms with van der Waals surface area (Å²) < 4.78 is 23.0. The number of rotatable bonds is 34. The van der Waals surface area contributed by atoms with E-state index < -0.39 is 20.0 Å². The molecule has 1 unspecified atom stereocenters. The lowest BCUT2D eigenvalue weighted by atomic mass is 10.0. The van der Waals surface area contributed by atoms with Gasteiger partial charge >= 0.3 is 0 Å². The number of allylic oxidation sites excluding steroid dienone is 3. The van der Waals surface area contributed by atoms with Gasteiger partial charge in [0.1, 0.15) is 13.2 Å². The number of quaternary nitrogens is 1. The Morgan fingerprint density at radius 1 is 0.723 bits per heavy atom. The van der Waals surface area contributed by atoms with Crippen LogP contribution in [0.1, 0.15) is 162 Å². The maximum Gasteiger partial charge on any atom is 0.268 e. The van der Waals surface area contributed by atoms with Gasteiger partial charge in [0.15, 0.2) is 0 Å². The molecule has 0 aromatic carbocycles. The lowest BCUT2D eigenvalue weighted by molar-refractivity contribution is -0.870. The van der Waals surface area contributed by atoms with Crippen LogP contribution in [0.5, 0.6) is 0 Å². The summed E-state index contributed by atoms with van der Waals surface area (Å²) >= 11 is 0. The van der Waals surface area contributed by atoms with Gasteiger partial charge in [-0.15, -0.1) is 0 Å². The number of nitrogens with one attached hydrogen (secondary N) is 1. The quantitative estimate of drug-likeness (QED) is 0.0303. The van der Waals surface area contributed by atoms with E-state index in [0.29, 0.717) is 17.4 Å². The van der Waals surface area contributed by atoms with Crippen molar-refractivity contribution in [1.29, 1.82) is 0 Å². The van der Waals surface area contributed by atoms with Gasteiger partial charge in [-0.2, -0.15) is 0 Å². The normalized spacial score (nSPS) is 15.0. The predicted octanol–water partition coefficient (Wildman–Crippen LogP) is 9.16. The molecular formula is C38H75N2O6P. The topological polar surface area (TPSA) is 108 Å². The van der Waals surface area contributed by atoms with E-state index in [9.17, 15) is 19.4 Å². The van der Waals surface area contributed by atoms with Crippen molar-refractivity contribution in [3.8, 4) is 0 Å². The SMILES string of the molecule is CCCCCCC/C=C/CC/C=C/[C@@H](O)[C@H](COP(=O)([O-])OCC[N+](C)(C)C)NC(=O)CCCCCCCCCCCCCCCC. The van der Waals surface area contributed by atoms with Gasteiger partial charge in [0.2, 0.25) is 5.91 Å². The minimum absolute atomic E-state index is 0.00482. The fourth-order valence-corrected chi connectivity index (χ4v) is 6.01. The first kappa shape index (κ1) is 46.0. The monoisotopic (exact) mass is 687 g/mol. The number of aliphatic hydroxyl groups excluding tert-OH is 1. The number of unbranched alkanes of at least 4 members (excludes halogenated alkanes) is 19. The van der Waals surface area contributed by atoms with Gasteiger partial charge < -0.3 is 28.8 Å². The molecule has 0 aromatic rings. The Kier molecular flexibility index (Phi) is 30.3. The minimum atomic E-state index is -4.58. The van der Waals surface area contributed by atoms with Crippen molar-refractivity contribution in [2.75, 3.05) is 40.9 Å². The number of amides is 1. The molecule has 1 amide bonds. The first-order chi connectivity index (χ1) is 22.5. The number of hydrogen-bond donors (Lipinski definition) is 2. The summed E-state index contributed by atoms with van der Waals surface area (Å²) in [4.78, 5) is 25.1. The van der Waals surface area contributed by atoms with Gasteiger partial charge in [0, 0.05) is 6.42 Å². The number of phosphoric acid groups is 1. The molecule has 0 rings (SSSR count). The molecule has 47 heavy (non-hydrogen) atoms. The van der Waals surface area contributed by atoms with Crippen LogP contribution >= 0.6 is 7.82 Å². The van der Waals surface area contributed by atoms with Crippen LogP contribution in [0.4, 0.5) is 0 Å². The Bertz CT molecular complexity index is 829. The molecule has 0 aromatic heterocycles. The summed E-state index contributed by atoms with van der Waals surface area (Å²) in [5, 5.41) is 13.6. The fraction of sp³-hybridized carbons (Fsp3) is 0.868. The summed E-state index contributed by atoms with van der Waals surface area (Å²) in [6, 6.07) is -0.895. The molecule has 0 fully saturated rings. The largest absolute Gasteiger partial charge is 0.756 e. The van der Waals surface area contributed by atoms with E-state index in [2.05, 4.69) is 31.3 Å². The predicted molar refractivity (Wildman–Crippen MR) is 196 cm³/mol. The average Bonchev–Trinajstić information content (AvgIpc) is 3.01. The molecule has 2 N–H and O–H groups in total. The molecule has 3 atom stereocenters. The molecular weight excluding hydrogens is 611 g/mol. The van der Waals surface area contributed by atoms with Crippen molar-refractivity contribution in [3.05, 3.63) is 24.3 Å². The number of phosphoric ester groups is 1. The number of nitrogens with zero attached hydrogens (tertiary/aromatic N) is 1. The van der Waals surface area contributed by atoms with E-state index in [4.69, 9.17) is 9.05 Å². The Hall–Kier alpha value is -1.02. The van der Waals surface area contributed by atoms with Gasteiger partial charge in [-0.3, -0.25) is 9.36 Å². The molecule has 8 nitrogen and oxygen atoms in total. The van der Waals surface area contributed by atoms with Crippen LogP contribution in [-0.2, 0) is 18.4 Å². The second kappa shape index (κ2) is 31.0. The van der Waals surface area contributed by atoms with Crippen LogP contribution in [0.25, 0.3) is 0 Å². The van der Waals surface area contributed by atoms with E-state index >= 15 is 0 Å². The highest BCUT2D eigenvalue weighted by atomic mass is 31.2. The van der Waals surface area contributed by atoms with Crippen molar-refractivity contribution in [1.82, 2.24) is 5.32 Å². The van der Waals surface area contributed by atoms with Crippen LogP contribution in [-0.4, -0.2) is 68.5 Å². The van der Waals surface area contributed by atoms with Crippen LogP contribution in [0.3, 0.4) is 0 Å². The first-order valence-electron chi connectivity index (χ1n) is 19.2. The third-order valence-electron chi connectivity index (χ3n) is 8.41. The summed E-state index contributed by atoms with van der Waals surface area (Å²) in [6.07, 6.45) is 33.6. The van der Waals surface area contributed by atoms with Gasteiger partial charge in [-0.05, 0) is 32.1 Å². The van der Waals surface area contributed by atoms with Crippen LogP contribution in [0, 0.1) is 0 Å². The van der Waals surface area contributed by atoms with Crippen LogP contribution in [0.15, 0.2) is 24.3 Å². The fourth-order valence-electron chi connectivity index (χ4n) is 5.28. The van der Waals surface area contributed by atoms with Gasteiger partial charge in [-0.1, -0.05) is 147 Å². The zero-order chi connectivity index (χ0) is 35.1. The molecule has 9 heteroatoms. The van der Waals surface area contributed by atoms with E-state index in [0.717, 1.165) is 38.5 Å². The van der Waals surface area contributed by atoms with Crippen molar-refractivity contribution in [2.24, 2.45) is 0 Å². The molecule has 0 aliphatic heterocycles. The number of aliphatic hydroxyl groups is 1. The second-order valence-electron chi connectivity index (χ2n) is 14.3. The molecule has 0 saturated heterocycles. The van der Waals surface area contributed by atoms with Crippen molar-refractivity contribution >= 4 is 13.7 Å². The number of likely N-dealkylation sites (N-methyl/N-ethyl adjacent to an activating group) is 1. The van der Waals surface area contributed by atoms with E-state index in [-0.39, 0.29) is 19.1 Å². The summed E-state index contributed by atoms with van der Waals surface area (Å²) in [7, 11) is 1.24. The van der Waals surface area contributed by atoms with Crippen molar-refractivity contribution in [3.63, 3.8) is 0 Å². The molecule has 0 spiro atoms. The highest BCUT2D eigenvalue weighted by Gasteiger charge is 2.23. The smallest absolute Gasteiger partial charge is 0.268 e. The van der Waals surface area contributed by atoms with Gasteiger partial charge in [0.05, 0.1) is 39.9 Å². The number of hydrogen-bond acceptors (Lipinski definition) is 6. The van der Waals surface area contributed by atoms with Crippen molar-refractivity contribution < 1.29 is 32.9 Å². The highest BCUT2D eigenvalue weighted by molar-refractivity contribution is 7.45. The Morgan fingerprint density at radius 2 is 1.19 bits per heavy atom. The summed E-state index contributed by atoms with van der Waals surface area (Å²) in [6.45, 7) is 4.58. The molecule has 0 aliphatic rings. The third-order valence-corrected chi connectivity index (χ3v) is 9.38. The van der Waals surface area contributed by atoms with E-state index in [1.54, 1.807) is 6.08 Å². The Balaban J connectivity index is 4.55. The van der Waals surface area contributed by atoms with Crippen molar-refractivity contribution in [2.45, 2.75) is 174 Å². The number of carbonyl (C=O) groups is 1. The van der Waals surface area contributed by atoms with E-state index in [1.165, 1.54) is 103 Å². The Labute approximate surface area is 290 Å². The molecule has 0 aliphatic carbocycles. The molecule has 0 bridgehead atoms. The van der Waals surface area contributed by atoms with E-state index in [1.807, 2.05) is 27.2 Å². The standard InChI is InChI=1S/C38H75N2O6P/c1-6-8-10-12-14-16-18-19-20-22-24-26-28-30-32-38(42)39-36(35-46-47(43,44)45-34-33-40(3,4)5)37(41)31-29-27-25-23-21-17-15-13-11-9-7-2/h21,23,29,31,36-37,41H,6-20,22,24-28,30,32-35H2,1-5H3,(H-,39,42,43,44)/b23-21+,31-29+/t36-,37+/m0/s1. The zero-order valence-electron chi connectivity index (χ0n) is 31.2. The maximum atomic E-state index is 12.8. The van der Waals surface area contributed by atoms with Gasteiger partial charge in [0.25, 0.3) is 7.82 Å². The molecule has 0 saturated carbocycles. The van der Waals surface area contributed by atoms with Gasteiger partial charge in [-0.25, -0.2) is 0 Å². The van der Waals surface area contributed by atoms with Crippen LogP contribution < -0.4 is 10.2 Å². The minimum Gasteiger partial charge on any atom is -0.756 e. The summed E-state index contributed by atoms with van der Waals surface area (Å²) in [5.41, 5.74) is 0. The average molecular weight is 687 g/mol. The summed E-state index contributed by atoms with van der Waals surface area (Å²) in [5.74, 6) is -0.210. The zero-order valence-corrected chi connectivity index (χ0v) is 32.1. The maximum absolute atomic E-state index is 12.8. The Morgan fingerprint density at radius 3 is 1.72 bits per heavy atom. The lowest BCUT2D eigenvalue weighted by Gasteiger charge is -2.29.